The molecule has 0 spiro atoms. The van der Waals surface area contributed by atoms with Crippen molar-refractivity contribution >= 4 is 33.2 Å². The van der Waals surface area contributed by atoms with Crippen molar-refractivity contribution in [1.82, 2.24) is 0 Å². The first-order valence-electron chi connectivity index (χ1n) is 8.53. The zero-order valence-corrected chi connectivity index (χ0v) is 15.7. The van der Waals surface area contributed by atoms with Crippen LogP contribution in [0, 0.1) is 0 Å². The zero-order valence-electron chi connectivity index (χ0n) is 14.1. The molecule has 0 fully saturated rings. The average molecular weight is 401 g/mol. The smallest absolute Gasteiger partial charge is 0.160 e. The van der Waals surface area contributed by atoms with Crippen molar-refractivity contribution in [1.29, 1.82) is 0 Å². The summed E-state index contributed by atoms with van der Waals surface area (Å²) in [5.74, 6) is 0.734. The molecule has 2 nitrogen and oxygen atoms in total. The lowest BCUT2D eigenvalue weighted by atomic mass is 10.1. The van der Waals surface area contributed by atoms with Crippen molar-refractivity contribution in [2.45, 2.75) is 6.42 Å². The Kier molecular flexibility index (Phi) is 4.89. The lowest BCUT2D eigenvalue weighted by Crippen LogP contribution is -2.04. The lowest BCUT2D eigenvalue weighted by molar-refractivity contribution is 1.42. The highest BCUT2D eigenvalue weighted by Gasteiger charge is 2.13. The van der Waals surface area contributed by atoms with Gasteiger partial charge < -0.3 is 0 Å². The Balaban J connectivity index is 1.84. The number of aliphatic imine (C=N–C) groups is 2. The normalized spacial score (nSPS) is 14.1. The van der Waals surface area contributed by atoms with Crippen molar-refractivity contribution in [2.75, 3.05) is 0 Å². The summed E-state index contributed by atoms with van der Waals surface area (Å²) in [5.41, 5.74) is 5.20. The number of rotatable bonds is 3. The van der Waals surface area contributed by atoms with Crippen LogP contribution in [0.4, 0.5) is 0 Å². The van der Waals surface area contributed by atoms with E-state index in [0.717, 1.165) is 44.8 Å². The number of halogens is 1. The van der Waals surface area contributed by atoms with Gasteiger partial charge in [0, 0.05) is 16.5 Å². The summed E-state index contributed by atoms with van der Waals surface area (Å²) < 4.78 is 1.02. The van der Waals surface area contributed by atoms with E-state index in [2.05, 4.69) is 52.3 Å². The first-order valence-corrected chi connectivity index (χ1v) is 9.32. The number of amidine groups is 1. The van der Waals surface area contributed by atoms with Gasteiger partial charge in [-0.25, -0.2) is 9.98 Å². The van der Waals surface area contributed by atoms with Crippen molar-refractivity contribution in [3.8, 4) is 0 Å². The summed E-state index contributed by atoms with van der Waals surface area (Å²) in [6.07, 6.45) is 2.90. The summed E-state index contributed by atoms with van der Waals surface area (Å²) in [5, 5.41) is 0. The third-order valence-electron chi connectivity index (χ3n) is 4.22. The Bertz CT molecular complexity index is 1000. The van der Waals surface area contributed by atoms with Crippen molar-refractivity contribution < 1.29 is 0 Å². The van der Waals surface area contributed by atoms with Crippen LogP contribution in [0.15, 0.2) is 105 Å². The van der Waals surface area contributed by atoms with E-state index >= 15 is 0 Å². The predicted octanol–water partition coefficient (Wildman–Crippen LogP) is 6.13. The van der Waals surface area contributed by atoms with Crippen molar-refractivity contribution in [3.63, 3.8) is 0 Å². The number of benzene rings is 3. The van der Waals surface area contributed by atoms with Gasteiger partial charge >= 0.3 is 0 Å². The second-order valence-electron chi connectivity index (χ2n) is 6.03. The summed E-state index contributed by atoms with van der Waals surface area (Å²) >= 11 is 3.55. The van der Waals surface area contributed by atoms with Crippen LogP contribution in [0.3, 0.4) is 0 Å². The Morgan fingerprint density at radius 1 is 0.654 bits per heavy atom. The molecule has 0 aromatic heterocycles. The van der Waals surface area contributed by atoms with Crippen molar-refractivity contribution in [3.05, 3.63) is 112 Å². The van der Waals surface area contributed by atoms with Gasteiger partial charge in [-0.3, -0.25) is 0 Å². The molecule has 0 unspecified atom stereocenters. The number of hydrogen-bond donors (Lipinski definition) is 0. The molecule has 3 aromatic rings. The van der Waals surface area contributed by atoms with Gasteiger partial charge in [-0.15, -0.1) is 0 Å². The molecule has 0 atom stereocenters. The SMILES string of the molecule is Brc1cccc(C2=NC(c3ccccc3)=CCC(c3ccccc3)=N2)c1. The third-order valence-corrected chi connectivity index (χ3v) is 4.71. The first kappa shape index (κ1) is 16.7. The fourth-order valence-electron chi connectivity index (χ4n) is 2.91. The average Bonchev–Trinajstić information content (AvgIpc) is 2.93. The Hall–Kier alpha value is -2.78. The first-order chi connectivity index (χ1) is 12.8. The molecular formula is C23H17BrN2. The van der Waals surface area contributed by atoms with E-state index in [-0.39, 0.29) is 0 Å². The molecular weight excluding hydrogens is 384 g/mol. The summed E-state index contributed by atoms with van der Waals surface area (Å²) in [4.78, 5) is 9.83. The molecule has 0 saturated heterocycles. The Labute approximate surface area is 161 Å². The minimum absolute atomic E-state index is 0.734. The molecule has 0 saturated carbocycles. The maximum atomic E-state index is 4.93. The maximum Gasteiger partial charge on any atom is 0.160 e. The summed E-state index contributed by atoms with van der Waals surface area (Å²) in [6.45, 7) is 0. The van der Waals surface area contributed by atoms with E-state index < -0.39 is 0 Å². The predicted molar refractivity (Wildman–Crippen MR) is 113 cm³/mol. The highest BCUT2D eigenvalue weighted by Crippen LogP contribution is 2.23. The van der Waals surface area contributed by atoms with Crippen LogP contribution in [0.5, 0.6) is 0 Å². The van der Waals surface area contributed by atoms with E-state index in [0.29, 0.717) is 0 Å². The molecule has 126 valence electrons. The van der Waals surface area contributed by atoms with Crippen LogP contribution in [0.1, 0.15) is 23.1 Å². The largest absolute Gasteiger partial charge is 0.232 e. The fourth-order valence-corrected chi connectivity index (χ4v) is 3.31. The topological polar surface area (TPSA) is 24.7 Å². The highest BCUT2D eigenvalue weighted by atomic mass is 79.9. The van der Waals surface area contributed by atoms with Gasteiger partial charge in [0.2, 0.25) is 0 Å². The van der Waals surface area contributed by atoms with Gasteiger partial charge in [-0.1, -0.05) is 94.8 Å². The lowest BCUT2D eigenvalue weighted by Gasteiger charge is -2.06. The molecule has 3 heteroatoms. The van der Waals surface area contributed by atoms with E-state index in [1.165, 1.54) is 0 Å². The molecule has 1 heterocycles. The van der Waals surface area contributed by atoms with Gasteiger partial charge in [0.25, 0.3) is 0 Å². The van der Waals surface area contributed by atoms with Crippen LogP contribution < -0.4 is 0 Å². The van der Waals surface area contributed by atoms with E-state index in [4.69, 9.17) is 9.98 Å². The number of allylic oxidation sites excluding steroid dienone is 1. The Morgan fingerprint density at radius 2 is 1.31 bits per heavy atom. The number of nitrogens with zero attached hydrogens (tertiary/aromatic N) is 2. The fraction of sp³-hybridized carbons (Fsp3) is 0.0435. The van der Waals surface area contributed by atoms with Crippen molar-refractivity contribution in [2.24, 2.45) is 9.98 Å². The molecule has 26 heavy (non-hydrogen) atoms. The molecule has 4 rings (SSSR count). The molecule has 0 aliphatic carbocycles. The molecule has 0 radical (unpaired) electrons. The van der Waals surface area contributed by atoms with Gasteiger partial charge in [0.1, 0.15) is 0 Å². The molecule has 3 aromatic carbocycles. The van der Waals surface area contributed by atoms with E-state index in [1.54, 1.807) is 0 Å². The third kappa shape index (κ3) is 3.73. The van der Waals surface area contributed by atoms with Crippen LogP contribution in [0.25, 0.3) is 5.70 Å². The van der Waals surface area contributed by atoms with Crippen LogP contribution in [-0.2, 0) is 0 Å². The molecule has 0 bridgehead atoms. The summed E-state index contributed by atoms with van der Waals surface area (Å²) in [6, 6.07) is 28.7. The van der Waals surface area contributed by atoms with Crippen LogP contribution in [-0.4, -0.2) is 11.5 Å². The zero-order chi connectivity index (χ0) is 17.8. The quantitative estimate of drug-likeness (QED) is 0.505. The van der Waals surface area contributed by atoms with E-state index in [9.17, 15) is 0 Å². The molecule has 1 aliphatic heterocycles. The summed E-state index contributed by atoms with van der Waals surface area (Å²) in [7, 11) is 0. The maximum absolute atomic E-state index is 4.93. The molecule has 0 N–H and O–H groups in total. The standard InChI is InChI=1S/C23H17BrN2/c24-20-13-7-12-19(16-20)23-25-21(17-8-3-1-4-9-17)14-15-22(26-23)18-10-5-2-6-11-18/h1-14,16H,15H2. The second-order valence-corrected chi connectivity index (χ2v) is 6.95. The van der Waals surface area contributed by atoms with Crippen LogP contribution >= 0.6 is 15.9 Å². The van der Waals surface area contributed by atoms with Gasteiger partial charge in [0.05, 0.1) is 11.4 Å². The Morgan fingerprint density at radius 3 is 2.00 bits per heavy atom. The molecule has 1 aliphatic rings. The van der Waals surface area contributed by atoms with Gasteiger partial charge in [-0.05, 0) is 23.3 Å². The minimum atomic E-state index is 0.734. The van der Waals surface area contributed by atoms with Gasteiger partial charge in [0.15, 0.2) is 5.84 Å². The second kappa shape index (κ2) is 7.63. The van der Waals surface area contributed by atoms with E-state index in [1.807, 2.05) is 54.6 Å². The van der Waals surface area contributed by atoms with Crippen LogP contribution in [0.2, 0.25) is 0 Å². The molecule has 0 amide bonds. The number of hydrogen-bond acceptors (Lipinski definition) is 2. The monoisotopic (exact) mass is 400 g/mol. The van der Waals surface area contributed by atoms with Gasteiger partial charge in [-0.2, -0.15) is 0 Å². The minimum Gasteiger partial charge on any atom is -0.232 e. The highest BCUT2D eigenvalue weighted by molar-refractivity contribution is 9.10.